The van der Waals surface area contributed by atoms with Crippen LogP contribution in [0.4, 0.5) is 0 Å². The maximum atomic E-state index is 13.4. The fourth-order valence-corrected chi connectivity index (χ4v) is 4.36. The van der Waals surface area contributed by atoms with Gasteiger partial charge in [0.1, 0.15) is 5.69 Å². The topological polar surface area (TPSA) is 58.4 Å². The molecule has 0 aliphatic carbocycles. The highest BCUT2D eigenvalue weighted by Gasteiger charge is 2.33. The molecule has 166 valence electrons. The average Bonchev–Trinajstić information content (AvgIpc) is 3.20. The molecule has 0 unspecified atom stereocenters. The van der Waals surface area contributed by atoms with Gasteiger partial charge in [0.2, 0.25) is 5.91 Å². The van der Waals surface area contributed by atoms with Crippen LogP contribution < -0.4 is 0 Å². The summed E-state index contributed by atoms with van der Waals surface area (Å²) in [6.07, 6.45) is 3.27. The Morgan fingerprint density at radius 1 is 1.03 bits per heavy atom. The number of carbonyl (C=O) groups excluding carboxylic acids is 2. The van der Waals surface area contributed by atoms with Crippen LogP contribution in [-0.2, 0) is 18.3 Å². The highest BCUT2D eigenvalue weighted by molar-refractivity contribution is 5.93. The second-order valence-electron chi connectivity index (χ2n) is 8.42. The van der Waals surface area contributed by atoms with Crippen molar-refractivity contribution >= 4 is 11.8 Å². The van der Waals surface area contributed by atoms with Gasteiger partial charge in [0, 0.05) is 39.4 Å². The Hall–Kier alpha value is -3.41. The molecular weight excluding hydrogens is 400 g/mol. The van der Waals surface area contributed by atoms with E-state index in [0.29, 0.717) is 38.3 Å². The van der Waals surface area contributed by atoms with Crippen molar-refractivity contribution in [2.75, 3.05) is 26.2 Å². The summed E-state index contributed by atoms with van der Waals surface area (Å²) in [6, 6.07) is 20.3. The lowest BCUT2D eigenvalue weighted by Gasteiger charge is -2.24. The van der Waals surface area contributed by atoms with E-state index in [1.807, 2.05) is 29.2 Å². The van der Waals surface area contributed by atoms with Crippen molar-refractivity contribution in [1.82, 2.24) is 19.6 Å². The zero-order chi connectivity index (χ0) is 22.5. The zero-order valence-electron chi connectivity index (χ0n) is 18.8. The second-order valence-corrected chi connectivity index (χ2v) is 8.42. The molecule has 1 aromatic heterocycles. The summed E-state index contributed by atoms with van der Waals surface area (Å²) in [6.45, 7) is 4.29. The van der Waals surface area contributed by atoms with Gasteiger partial charge in [0.25, 0.3) is 5.91 Å². The summed E-state index contributed by atoms with van der Waals surface area (Å²) in [4.78, 5) is 30.2. The van der Waals surface area contributed by atoms with Gasteiger partial charge in [-0.25, -0.2) is 0 Å². The predicted octanol–water partition coefficient (Wildman–Crippen LogP) is 3.64. The molecule has 0 radical (unpaired) electrons. The summed E-state index contributed by atoms with van der Waals surface area (Å²) in [5.74, 6) is -0.254. The number of hydrogen-bond donors (Lipinski definition) is 0. The van der Waals surface area contributed by atoms with Crippen molar-refractivity contribution in [2.24, 2.45) is 13.0 Å². The molecule has 1 aliphatic heterocycles. The monoisotopic (exact) mass is 430 g/mol. The number of aryl methyl sites for hydroxylation is 1. The van der Waals surface area contributed by atoms with Crippen LogP contribution in [0.15, 0.2) is 66.9 Å². The number of benzene rings is 2. The molecule has 2 heterocycles. The number of hydrogen-bond acceptors (Lipinski definition) is 3. The van der Waals surface area contributed by atoms with Gasteiger partial charge in [-0.2, -0.15) is 5.10 Å². The largest absolute Gasteiger partial charge is 0.341 e. The highest BCUT2D eigenvalue weighted by atomic mass is 16.2. The first-order valence-electron chi connectivity index (χ1n) is 11.3. The van der Waals surface area contributed by atoms with Crippen LogP contribution in [0.25, 0.3) is 11.1 Å². The Labute approximate surface area is 189 Å². The standard InChI is InChI=1S/C26H30N4O2/c1-3-13-29-15-16-30(26(32)24-12-14-28(2)27-24)19-23(25(29)31)18-20-8-7-11-22(17-20)21-9-5-4-6-10-21/h4-12,14,17,23H,3,13,15-16,18-19H2,1-2H3/t23-/m1/s1. The minimum atomic E-state index is -0.275. The van der Waals surface area contributed by atoms with Crippen molar-refractivity contribution in [3.8, 4) is 11.1 Å². The van der Waals surface area contributed by atoms with Crippen LogP contribution in [0.1, 0.15) is 29.4 Å². The molecule has 1 atom stereocenters. The van der Waals surface area contributed by atoms with E-state index in [4.69, 9.17) is 0 Å². The smallest absolute Gasteiger partial charge is 0.274 e. The van der Waals surface area contributed by atoms with Crippen LogP contribution in [0.3, 0.4) is 0 Å². The highest BCUT2D eigenvalue weighted by Crippen LogP contribution is 2.24. The molecule has 0 N–H and O–H groups in total. The first-order valence-corrected chi connectivity index (χ1v) is 11.3. The fourth-order valence-electron chi connectivity index (χ4n) is 4.36. The first-order chi connectivity index (χ1) is 15.5. The molecule has 0 spiro atoms. The van der Waals surface area contributed by atoms with Gasteiger partial charge in [-0.1, -0.05) is 61.5 Å². The Bertz CT molecular complexity index is 1080. The summed E-state index contributed by atoms with van der Waals surface area (Å²) < 4.78 is 1.63. The van der Waals surface area contributed by atoms with E-state index >= 15 is 0 Å². The Morgan fingerprint density at radius 3 is 2.53 bits per heavy atom. The lowest BCUT2D eigenvalue weighted by atomic mass is 9.94. The van der Waals surface area contributed by atoms with Crippen molar-refractivity contribution in [3.63, 3.8) is 0 Å². The second kappa shape index (κ2) is 9.81. The predicted molar refractivity (Wildman–Crippen MR) is 125 cm³/mol. The van der Waals surface area contributed by atoms with Gasteiger partial charge in [-0.3, -0.25) is 14.3 Å². The van der Waals surface area contributed by atoms with Gasteiger partial charge < -0.3 is 9.80 Å². The normalized spacial score (nSPS) is 16.8. The third-order valence-electron chi connectivity index (χ3n) is 5.97. The average molecular weight is 431 g/mol. The summed E-state index contributed by atoms with van der Waals surface area (Å²) >= 11 is 0. The lowest BCUT2D eigenvalue weighted by Crippen LogP contribution is -2.38. The van der Waals surface area contributed by atoms with Gasteiger partial charge in [-0.15, -0.1) is 0 Å². The van der Waals surface area contributed by atoms with Gasteiger partial charge >= 0.3 is 0 Å². The molecule has 6 heteroatoms. The summed E-state index contributed by atoms with van der Waals surface area (Å²) in [5, 5.41) is 4.27. The van der Waals surface area contributed by atoms with Crippen molar-refractivity contribution in [2.45, 2.75) is 19.8 Å². The fraction of sp³-hybridized carbons (Fsp3) is 0.346. The van der Waals surface area contributed by atoms with Crippen molar-refractivity contribution in [3.05, 3.63) is 78.1 Å². The third kappa shape index (κ3) is 4.90. The van der Waals surface area contributed by atoms with Crippen LogP contribution in [0.2, 0.25) is 0 Å². The molecule has 0 bridgehead atoms. The molecule has 3 aromatic rings. The molecule has 2 amide bonds. The van der Waals surface area contributed by atoms with E-state index < -0.39 is 0 Å². The van der Waals surface area contributed by atoms with E-state index in [9.17, 15) is 9.59 Å². The quantitative estimate of drug-likeness (QED) is 0.600. The van der Waals surface area contributed by atoms with Crippen molar-refractivity contribution < 1.29 is 9.59 Å². The minimum Gasteiger partial charge on any atom is -0.341 e. The van der Waals surface area contributed by atoms with E-state index in [2.05, 4.69) is 42.4 Å². The number of amides is 2. The van der Waals surface area contributed by atoms with E-state index in [-0.39, 0.29) is 17.7 Å². The van der Waals surface area contributed by atoms with Gasteiger partial charge in [0.05, 0.1) is 5.92 Å². The minimum absolute atomic E-state index is 0.111. The molecule has 6 nitrogen and oxygen atoms in total. The molecule has 0 saturated carbocycles. The maximum Gasteiger partial charge on any atom is 0.274 e. The first kappa shape index (κ1) is 21.8. The SMILES string of the molecule is CCCN1CCN(C(=O)c2ccn(C)n2)C[C@@H](Cc2cccc(-c3ccccc3)c2)C1=O. The van der Waals surface area contributed by atoms with Gasteiger partial charge in [-0.05, 0) is 35.6 Å². The Kier molecular flexibility index (Phi) is 6.69. The lowest BCUT2D eigenvalue weighted by molar-refractivity contribution is -0.134. The van der Waals surface area contributed by atoms with Crippen LogP contribution in [-0.4, -0.2) is 57.6 Å². The Balaban J connectivity index is 1.58. The zero-order valence-corrected chi connectivity index (χ0v) is 18.8. The van der Waals surface area contributed by atoms with E-state index in [1.54, 1.807) is 28.9 Å². The van der Waals surface area contributed by atoms with Gasteiger partial charge in [0.15, 0.2) is 0 Å². The third-order valence-corrected chi connectivity index (χ3v) is 5.97. The molecule has 4 rings (SSSR count). The molecule has 1 aliphatic rings. The summed E-state index contributed by atoms with van der Waals surface area (Å²) in [7, 11) is 1.80. The molecule has 2 aromatic carbocycles. The number of nitrogens with zero attached hydrogens (tertiary/aromatic N) is 4. The molecule has 1 fully saturated rings. The summed E-state index contributed by atoms with van der Waals surface area (Å²) in [5.41, 5.74) is 3.82. The van der Waals surface area contributed by atoms with Crippen LogP contribution in [0, 0.1) is 5.92 Å². The Morgan fingerprint density at radius 2 is 1.81 bits per heavy atom. The molecular formula is C26H30N4O2. The number of rotatable bonds is 6. The number of aromatic nitrogens is 2. The van der Waals surface area contributed by atoms with Crippen LogP contribution in [0.5, 0.6) is 0 Å². The maximum absolute atomic E-state index is 13.4. The van der Waals surface area contributed by atoms with Crippen molar-refractivity contribution in [1.29, 1.82) is 0 Å². The molecule has 32 heavy (non-hydrogen) atoms. The van der Waals surface area contributed by atoms with E-state index in [1.165, 1.54) is 0 Å². The van der Waals surface area contributed by atoms with Crippen LogP contribution >= 0.6 is 0 Å². The van der Waals surface area contributed by atoms with E-state index in [0.717, 1.165) is 23.1 Å². The molecule has 1 saturated heterocycles. The number of carbonyl (C=O) groups is 2.